The normalized spacial score (nSPS) is 12.3. The molecule has 0 rings (SSSR count). The quantitative estimate of drug-likeness (QED) is 0.420. The Kier molecular flexibility index (Phi) is 6.47. The maximum atomic E-state index is 11.5. The Balaban J connectivity index is 5.17. The predicted molar refractivity (Wildman–Crippen MR) is 70.1 cm³/mol. The molecule has 0 spiro atoms. The van der Waals surface area contributed by atoms with Crippen LogP contribution in [0.1, 0.15) is 34.1 Å². The van der Waals surface area contributed by atoms with Crippen LogP contribution in [0, 0.1) is 0 Å². The molecule has 7 heteroatoms. The minimum atomic E-state index is -3.30. The molecule has 0 aliphatic heterocycles. The Morgan fingerprint density at radius 1 is 1.11 bits per heavy atom. The van der Waals surface area contributed by atoms with Gasteiger partial charge in [-0.25, -0.2) is 4.79 Å². The van der Waals surface area contributed by atoms with Gasteiger partial charge in [-0.2, -0.15) is 0 Å². The average Bonchev–Trinajstić information content (AvgIpc) is 2.22. The molecule has 0 saturated carbocycles. The van der Waals surface area contributed by atoms with Crippen LogP contribution in [0.15, 0.2) is 12.2 Å². The smallest absolute Gasteiger partial charge is 0.483 e. The first-order valence-electron chi connectivity index (χ1n) is 5.88. The van der Waals surface area contributed by atoms with Gasteiger partial charge < -0.3 is 13.6 Å². The molecule has 1 unspecified atom stereocenters. The summed E-state index contributed by atoms with van der Waals surface area (Å²) in [6.45, 7) is 10.7. The van der Waals surface area contributed by atoms with Crippen LogP contribution in [0.2, 0.25) is 6.55 Å². The van der Waals surface area contributed by atoms with Crippen LogP contribution in [0.5, 0.6) is 0 Å². The number of carbonyl (C=O) groups excluding carboxylic acids is 3. The molecule has 6 nitrogen and oxygen atoms in total. The zero-order valence-corrected chi connectivity index (χ0v) is 12.9. The number of hydrogen-bond acceptors (Lipinski definition) is 6. The van der Waals surface area contributed by atoms with Gasteiger partial charge in [-0.3, -0.25) is 9.59 Å². The van der Waals surface area contributed by atoms with Crippen molar-refractivity contribution in [1.82, 2.24) is 0 Å². The lowest BCUT2D eigenvalue weighted by Gasteiger charge is -2.31. The highest BCUT2D eigenvalue weighted by atomic mass is 28.4. The molecule has 0 aromatic carbocycles. The zero-order valence-electron chi connectivity index (χ0n) is 11.9. The van der Waals surface area contributed by atoms with Crippen molar-refractivity contribution in [3.05, 3.63) is 12.2 Å². The largest absolute Gasteiger partial charge is 0.503 e. The van der Waals surface area contributed by atoms with Crippen molar-refractivity contribution >= 4 is 26.5 Å². The van der Waals surface area contributed by atoms with Crippen LogP contribution < -0.4 is 0 Å². The molecule has 0 radical (unpaired) electrons. The molecule has 0 aliphatic carbocycles. The molecular formula is C12H20O6Si. The van der Waals surface area contributed by atoms with Crippen LogP contribution in [0.3, 0.4) is 0 Å². The molecule has 0 fully saturated rings. The van der Waals surface area contributed by atoms with Crippen molar-refractivity contribution < 1.29 is 28.0 Å². The highest BCUT2D eigenvalue weighted by molar-refractivity contribution is 6.70. The first kappa shape index (κ1) is 17.4. The Morgan fingerprint density at radius 2 is 1.53 bits per heavy atom. The van der Waals surface area contributed by atoms with Crippen LogP contribution in [0.25, 0.3) is 0 Å². The fourth-order valence-electron chi connectivity index (χ4n) is 1.51. The summed E-state index contributed by atoms with van der Waals surface area (Å²) in [6, 6.07) is 0. The topological polar surface area (TPSA) is 78.9 Å². The molecule has 0 saturated heterocycles. The molecule has 0 amide bonds. The third-order valence-electron chi connectivity index (χ3n) is 2.25. The summed E-state index contributed by atoms with van der Waals surface area (Å²) in [4.78, 5) is 33.8. The first-order chi connectivity index (χ1) is 8.62. The first-order valence-corrected chi connectivity index (χ1v) is 8.27. The standard InChI is InChI=1S/C12H20O6Si/c1-7-11(16-12(15)8(2)3)19(6,17-9(4)13)18-10(5)14/h11H,2,7H2,1,3-6H3. The van der Waals surface area contributed by atoms with E-state index in [2.05, 4.69) is 6.58 Å². The highest BCUT2D eigenvalue weighted by Crippen LogP contribution is 2.20. The summed E-state index contributed by atoms with van der Waals surface area (Å²) in [6.07, 6.45) is 0.363. The van der Waals surface area contributed by atoms with Crippen LogP contribution in [-0.2, 0) is 28.0 Å². The van der Waals surface area contributed by atoms with Crippen molar-refractivity contribution in [3.8, 4) is 0 Å². The third kappa shape index (κ3) is 5.69. The van der Waals surface area contributed by atoms with Gasteiger partial charge in [0.15, 0.2) is 5.73 Å². The fourth-order valence-corrected chi connectivity index (χ4v) is 4.02. The van der Waals surface area contributed by atoms with E-state index < -0.39 is 32.2 Å². The maximum Gasteiger partial charge on any atom is 0.503 e. The summed E-state index contributed by atoms with van der Waals surface area (Å²) < 4.78 is 15.5. The average molecular weight is 288 g/mol. The van der Waals surface area contributed by atoms with Crippen molar-refractivity contribution in [1.29, 1.82) is 0 Å². The van der Waals surface area contributed by atoms with Gasteiger partial charge in [0, 0.05) is 26.0 Å². The number of ether oxygens (including phenoxy) is 1. The fraction of sp³-hybridized carbons (Fsp3) is 0.583. The van der Waals surface area contributed by atoms with E-state index in [0.29, 0.717) is 6.42 Å². The van der Waals surface area contributed by atoms with E-state index in [4.69, 9.17) is 13.6 Å². The number of rotatable bonds is 6. The molecule has 0 aromatic rings. The monoisotopic (exact) mass is 288 g/mol. The van der Waals surface area contributed by atoms with Crippen molar-refractivity contribution in [3.63, 3.8) is 0 Å². The summed E-state index contributed by atoms with van der Waals surface area (Å²) in [7, 11) is -3.30. The van der Waals surface area contributed by atoms with E-state index in [1.807, 2.05) is 0 Å². The minimum absolute atomic E-state index is 0.223. The van der Waals surface area contributed by atoms with Gasteiger partial charge in [0.1, 0.15) is 0 Å². The van der Waals surface area contributed by atoms with Gasteiger partial charge >= 0.3 is 14.5 Å². The van der Waals surface area contributed by atoms with Gasteiger partial charge in [-0.05, 0) is 13.3 Å². The molecule has 108 valence electrons. The van der Waals surface area contributed by atoms with Gasteiger partial charge in [0.05, 0.1) is 0 Å². The molecule has 0 heterocycles. The van der Waals surface area contributed by atoms with Gasteiger partial charge in [-0.15, -0.1) is 0 Å². The molecule has 1 atom stereocenters. The SMILES string of the molecule is C=C(C)C(=O)OC(CC)[Si](C)(OC(C)=O)OC(C)=O. The van der Waals surface area contributed by atoms with Gasteiger partial charge in [0.25, 0.3) is 11.9 Å². The second-order valence-corrected chi connectivity index (χ2v) is 7.37. The van der Waals surface area contributed by atoms with Crippen molar-refractivity contribution in [2.75, 3.05) is 0 Å². The molecule has 0 aliphatic rings. The molecule has 19 heavy (non-hydrogen) atoms. The van der Waals surface area contributed by atoms with E-state index in [1.54, 1.807) is 6.92 Å². The summed E-state index contributed by atoms with van der Waals surface area (Å²) in [5.41, 5.74) is -0.551. The summed E-state index contributed by atoms with van der Waals surface area (Å²) in [5.74, 6) is -1.77. The van der Waals surface area contributed by atoms with E-state index in [-0.39, 0.29) is 5.57 Å². The van der Waals surface area contributed by atoms with Gasteiger partial charge in [-0.1, -0.05) is 13.5 Å². The zero-order chi connectivity index (χ0) is 15.2. The van der Waals surface area contributed by atoms with Crippen LogP contribution in [0.4, 0.5) is 0 Å². The third-order valence-corrected chi connectivity index (χ3v) is 5.33. The molecule has 0 aromatic heterocycles. The molecule has 0 N–H and O–H groups in total. The lowest BCUT2D eigenvalue weighted by atomic mass is 10.4. The van der Waals surface area contributed by atoms with Crippen LogP contribution in [-0.4, -0.2) is 32.2 Å². The Hall–Kier alpha value is -1.63. The van der Waals surface area contributed by atoms with Crippen LogP contribution >= 0.6 is 0 Å². The number of hydrogen-bond donors (Lipinski definition) is 0. The Labute approximate surface area is 114 Å². The predicted octanol–water partition coefficient (Wildman–Crippen LogP) is 1.62. The Bertz CT molecular complexity index is 374. The van der Waals surface area contributed by atoms with Crippen molar-refractivity contribution in [2.45, 2.75) is 46.4 Å². The van der Waals surface area contributed by atoms with Gasteiger partial charge in [0.2, 0.25) is 0 Å². The van der Waals surface area contributed by atoms with Crippen molar-refractivity contribution in [2.24, 2.45) is 0 Å². The van der Waals surface area contributed by atoms with E-state index in [9.17, 15) is 14.4 Å². The minimum Gasteiger partial charge on any atom is -0.483 e. The summed E-state index contributed by atoms with van der Waals surface area (Å²) >= 11 is 0. The maximum absolute atomic E-state index is 11.5. The van der Waals surface area contributed by atoms with E-state index in [0.717, 1.165) is 0 Å². The second kappa shape index (κ2) is 7.08. The van der Waals surface area contributed by atoms with E-state index >= 15 is 0 Å². The molecular weight excluding hydrogens is 268 g/mol. The highest BCUT2D eigenvalue weighted by Gasteiger charge is 2.49. The number of carbonyl (C=O) groups is 3. The second-order valence-electron chi connectivity index (χ2n) is 4.29. The lowest BCUT2D eigenvalue weighted by molar-refractivity contribution is -0.148. The summed E-state index contributed by atoms with van der Waals surface area (Å²) in [5, 5.41) is 0. The van der Waals surface area contributed by atoms with E-state index in [1.165, 1.54) is 27.3 Å². The molecule has 0 bridgehead atoms. The number of esters is 1. The lowest BCUT2D eigenvalue weighted by Crippen LogP contribution is -2.54. The Morgan fingerprint density at radius 3 is 1.79 bits per heavy atom.